The van der Waals surface area contributed by atoms with Gasteiger partial charge in [0.1, 0.15) is 10.0 Å². The quantitative estimate of drug-likeness (QED) is 0.541. The van der Waals surface area contributed by atoms with Gasteiger partial charge in [-0.3, -0.25) is 0 Å². The average Bonchev–Trinajstić information content (AvgIpc) is 2.32. The van der Waals surface area contributed by atoms with Crippen molar-refractivity contribution in [1.82, 2.24) is 0 Å². The number of phenols is 1. The van der Waals surface area contributed by atoms with Gasteiger partial charge in [0.25, 0.3) is 0 Å². The molecule has 0 aromatic heterocycles. The lowest BCUT2D eigenvalue weighted by Gasteiger charge is -2.40. The minimum atomic E-state index is -0.241. The Kier molecular flexibility index (Phi) is 4.76. The first kappa shape index (κ1) is 16.5. The van der Waals surface area contributed by atoms with Crippen LogP contribution in [0.1, 0.15) is 51.5 Å². The van der Waals surface area contributed by atoms with Gasteiger partial charge in [-0.2, -0.15) is 0 Å². The second-order valence-electron chi connectivity index (χ2n) is 6.63. The zero-order chi connectivity index (χ0) is 15.2. The highest BCUT2D eigenvalue weighted by atomic mass is 35.5. The van der Waals surface area contributed by atoms with Gasteiger partial charge in [-0.05, 0) is 42.1 Å². The summed E-state index contributed by atoms with van der Waals surface area (Å²) in [5, 5.41) is 10.6. The molecule has 1 unspecified atom stereocenters. The fourth-order valence-corrected chi connectivity index (χ4v) is 4.73. The van der Waals surface area contributed by atoms with Crippen molar-refractivity contribution in [3.8, 4) is 5.75 Å². The molecule has 1 nitrogen and oxygen atoms in total. The van der Waals surface area contributed by atoms with E-state index in [1.807, 2.05) is 0 Å². The Hall–Kier alpha value is 0.180. The molecule has 1 aliphatic carbocycles. The first-order valence-electron chi connectivity index (χ1n) is 6.69. The van der Waals surface area contributed by atoms with E-state index in [1.54, 1.807) is 0 Å². The van der Waals surface area contributed by atoms with Gasteiger partial charge in [0, 0.05) is 0 Å². The molecule has 0 heterocycles. The predicted molar refractivity (Wildman–Crippen MR) is 87.7 cm³/mol. The zero-order valence-electron chi connectivity index (χ0n) is 11.7. The first-order valence-corrected chi connectivity index (χ1v) is 8.20. The molecule has 2 rings (SSSR count). The minimum Gasteiger partial charge on any atom is -0.505 e. The summed E-state index contributed by atoms with van der Waals surface area (Å²) >= 11 is 24.8. The number of hydrogen-bond acceptors (Lipinski definition) is 1. The van der Waals surface area contributed by atoms with Crippen LogP contribution in [0.5, 0.6) is 5.75 Å². The van der Waals surface area contributed by atoms with E-state index in [0.717, 1.165) is 18.4 Å². The predicted octanol–water partition coefficient (Wildman–Crippen LogP) is 6.94. The standard InChI is InChI=1S/C15H18Cl4O/c1-7-4-8(6-15(2,3)5-7)9-10(16)12(18)14(20)13(19)11(9)17/h7-8,20H,4-6H2,1-3H3/t7?,8-/m0/s1. The largest absolute Gasteiger partial charge is 0.505 e. The molecule has 0 saturated heterocycles. The number of hydrogen-bond donors (Lipinski definition) is 1. The lowest BCUT2D eigenvalue weighted by atomic mass is 9.66. The second-order valence-corrected chi connectivity index (χ2v) is 8.14. The fourth-order valence-electron chi connectivity index (χ4n) is 3.56. The van der Waals surface area contributed by atoms with Gasteiger partial charge in [0.05, 0.1) is 10.0 Å². The van der Waals surface area contributed by atoms with Crippen molar-refractivity contribution in [2.75, 3.05) is 0 Å². The van der Waals surface area contributed by atoms with E-state index in [2.05, 4.69) is 20.8 Å². The summed E-state index contributed by atoms with van der Waals surface area (Å²) in [6, 6.07) is 0. The average molecular weight is 356 g/mol. The highest BCUT2D eigenvalue weighted by Crippen LogP contribution is 2.53. The summed E-state index contributed by atoms with van der Waals surface area (Å²) in [5.74, 6) is 0.557. The van der Waals surface area contributed by atoms with E-state index in [0.29, 0.717) is 16.0 Å². The van der Waals surface area contributed by atoms with Gasteiger partial charge < -0.3 is 5.11 Å². The van der Waals surface area contributed by atoms with Gasteiger partial charge in [0.15, 0.2) is 5.75 Å². The van der Waals surface area contributed by atoms with Crippen LogP contribution in [0.4, 0.5) is 0 Å². The molecule has 0 spiro atoms. The number of phenolic OH excluding ortho intramolecular Hbond substituents is 1. The molecule has 1 aromatic carbocycles. The van der Waals surface area contributed by atoms with E-state index >= 15 is 0 Å². The Morgan fingerprint density at radius 2 is 1.45 bits per heavy atom. The summed E-state index contributed by atoms with van der Waals surface area (Å²) in [5.41, 5.74) is 1.01. The van der Waals surface area contributed by atoms with Crippen molar-refractivity contribution in [3.63, 3.8) is 0 Å². The Balaban J connectivity index is 2.53. The van der Waals surface area contributed by atoms with Crippen molar-refractivity contribution >= 4 is 46.4 Å². The van der Waals surface area contributed by atoms with Crippen LogP contribution in [0.25, 0.3) is 0 Å². The Morgan fingerprint density at radius 1 is 0.950 bits per heavy atom. The van der Waals surface area contributed by atoms with Crippen LogP contribution >= 0.6 is 46.4 Å². The SMILES string of the molecule is CC1C[C@H](c2c(Cl)c(Cl)c(O)c(Cl)c2Cl)CC(C)(C)C1. The van der Waals surface area contributed by atoms with E-state index in [9.17, 15) is 5.11 Å². The molecule has 1 fully saturated rings. The molecule has 1 aliphatic rings. The third-order valence-corrected chi connectivity index (χ3v) is 5.78. The van der Waals surface area contributed by atoms with Crippen LogP contribution < -0.4 is 0 Å². The molecule has 1 saturated carbocycles. The summed E-state index contributed by atoms with van der Waals surface area (Å²) in [6.07, 6.45) is 3.16. The zero-order valence-corrected chi connectivity index (χ0v) is 14.8. The highest BCUT2D eigenvalue weighted by molar-refractivity contribution is 6.49. The number of benzene rings is 1. The van der Waals surface area contributed by atoms with Crippen LogP contribution in [-0.4, -0.2) is 5.11 Å². The minimum absolute atomic E-state index is 0.0899. The Bertz CT molecular complexity index is 510. The number of aromatic hydroxyl groups is 1. The van der Waals surface area contributed by atoms with Crippen molar-refractivity contribution < 1.29 is 5.11 Å². The summed E-state index contributed by atoms with van der Waals surface area (Å²) in [6.45, 7) is 6.74. The molecule has 0 aliphatic heterocycles. The van der Waals surface area contributed by atoms with Crippen LogP contribution in [0.3, 0.4) is 0 Å². The van der Waals surface area contributed by atoms with Crippen molar-refractivity contribution in [3.05, 3.63) is 25.7 Å². The molecule has 0 radical (unpaired) electrons. The third kappa shape index (κ3) is 3.02. The summed E-state index contributed by atoms with van der Waals surface area (Å²) in [4.78, 5) is 0. The van der Waals surface area contributed by atoms with Crippen LogP contribution in [-0.2, 0) is 0 Å². The lowest BCUT2D eigenvalue weighted by Crippen LogP contribution is -2.26. The topological polar surface area (TPSA) is 20.2 Å². The molecule has 5 heteroatoms. The molecule has 20 heavy (non-hydrogen) atoms. The fraction of sp³-hybridized carbons (Fsp3) is 0.600. The normalized spacial score (nSPS) is 25.8. The van der Waals surface area contributed by atoms with Crippen LogP contribution in [0.15, 0.2) is 0 Å². The van der Waals surface area contributed by atoms with Crippen molar-refractivity contribution in [1.29, 1.82) is 0 Å². The van der Waals surface area contributed by atoms with Crippen LogP contribution in [0, 0.1) is 11.3 Å². The van der Waals surface area contributed by atoms with Gasteiger partial charge in [-0.15, -0.1) is 0 Å². The van der Waals surface area contributed by atoms with E-state index in [4.69, 9.17) is 46.4 Å². The van der Waals surface area contributed by atoms with Crippen molar-refractivity contribution in [2.45, 2.75) is 46.0 Å². The summed E-state index contributed by atoms with van der Waals surface area (Å²) in [7, 11) is 0. The molecular weight excluding hydrogens is 338 g/mol. The molecule has 112 valence electrons. The number of rotatable bonds is 1. The van der Waals surface area contributed by atoms with Gasteiger partial charge in [-0.25, -0.2) is 0 Å². The van der Waals surface area contributed by atoms with Gasteiger partial charge in [0.2, 0.25) is 0 Å². The highest BCUT2D eigenvalue weighted by Gasteiger charge is 2.36. The molecule has 2 atom stereocenters. The maximum absolute atomic E-state index is 9.81. The first-order chi connectivity index (χ1) is 9.14. The third-order valence-electron chi connectivity index (χ3n) is 4.07. The maximum Gasteiger partial charge on any atom is 0.155 e. The van der Waals surface area contributed by atoms with E-state index < -0.39 is 0 Å². The van der Waals surface area contributed by atoms with Gasteiger partial charge >= 0.3 is 0 Å². The molecule has 1 N–H and O–H groups in total. The van der Waals surface area contributed by atoms with Gasteiger partial charge in [-0.1, -0.05) is 67.2 Å². The van der Waals surface area contributed by atoms with Crippen molar-refractivity contribution in [2.24, 2.45) is 11.3 Å². The summed E-state index contributed by atoms with van der Waals surface area (Å²) < 4.78 is 0. The number of halogens is 4. The Morgan fingerprint density at radius 3 is 1.90 bits per heavy atom. The molecular formula is C15H18Cl4O. The monoisotopic (exact) mass is 354 g/mol. The smallest absolute Gasteiger partial charge is 0.155 e. The Labute approximate surface area is 140 Å². The van der Waals surface area contributed by atoms with E-state index in [1.165, 1.54) is 6.42 Å². The van der Waals surface area contributed by atoms with E-state index in [-0.39, 0.29) is 27.1 Å². The molecule has 0 bridgehead atoms. The second kappa shape index (κ2) is 5.76. The lowest BCUT2D eigenvalue weighted by molar-refractivity contribution is 0.168. The maximum atomic E-state index is 9.81. The van der Waals surface area contributed by atoms with Crippen LogP contribution in [0.2, 0.25) is 20.1 Å². The molecule has 0 amide bonds. The molecule has 1 aromatic rings.